The average Bonchev–Trinajstić information content (AvgIpc) is 3.49. The number of anilines is 1. The van der Waals surface area contributed by atoms with Crippen LogP contribution in [0.1, 0.15) is 42.5 Å². The van der Waals surface area contributed by atoms with E-state index in [4.69, 9.17) is 15.9 Å². The van der Waals surface area contributed by atoms with Crippen molar-refractivity contribution in [2.24, 2.45) is 11.7 Å². The highest BCUT2D eigenvalue weighted by atomic mass is 16.5. The molecule has 0 spiro atoms. The lowest BCUT2D eigenvalue weighted by atomic mass is 10.0. The minimum Gasteiger partial charge on any atom is -0.493 e. The Morgan fingerprint density at radius 2 is 2.00 bits per heavy atom. The number of rotatable bonds is 9. The van der Waals surface area contributed by atoms with Gasteiger partial charge in [0.25, 0.3) is 0 Å². The molecule has 6 nitrogen and oxygen atoms in total. The highest BCUT2D eigenvalue weighted by molar-refractivity contribution is 5.95. The summed E-state index contributed by atoms with van der Waals surface area (Å²) in [4.78, 5) is 12.0. The number of carbonyl (C=O) groups is 1. The van der Waals surface area contributed by atoms with E-state index in [9.17, 15) is 9.90 Å². The number of nitrogen functional groups attached to an aromatic ring is 1. The van der Waals surface area contributed by atoms with E-state index >= 15 is 0 Å². The summed E-state index contributed by atoms with van der Waals surface area (Å²) >= 11 is 0. The van der Waals surface area contributed by atoms with Crippen LogP contribution in [0.2, 0.25) is 0 Å². The van der Waals surface area contributed by atoms with Crippen LogP contribution in [0.5, 0.6) is 5.75 Å². The Labute approximate surface area is 158 Å². The van der Waals surface area contributed by atoms with Gasteiger partial charge in [-0.2, -0.15) is 0 Å². The molecule has 1 fully saturated rings. The molecule has 1 saturated carbocycles. The zero-order valence-corrected chi connectivity index (χ0v) is 15.4. The van der Waals surface area contributed by atoms with Crippen LogP contribution in [-0.2, 0) is 11.2 Å². The highest BCUT2D eigenvalue weighted by Gasteiger charge is 2.26. The number of benzene rings is 2. The van der Waals surface area contributed by atoms with E-state index in [1.54, 1.807) is 24.3 Å². The monoisotopic (exact) mass is 367 g/mol. The van der Waals surface area contributed by atoms with E-state index in [-0.39, 0.29) is 5.84 Å². The standard InChI is InChI=1S/C21H25N3O3/c1-2-13-5-10-18(27-12-14-3-4-14)17(11-13)19(21(25)26)24-16-8-6-15(7-9-16)20(22)23/h5-11,14,19,24H,2-4,12H2,1H3,(H3,22,23)(H,25,26)/t19-/m1/s1. The first-order chi connectivity index (χ1) is 13.0. The Hall–Kier alpha value is -3.02. The second-order valence-electron chi connectivity index (χ2n) is 6.89. The summed E-state index contributed by atoms with van der Waals surface area (Å²) in [6, 6.07) is 11.6. The van der Waals surface area contributed by atoms with E-state index in [2.05, 4.69) is 5.32 Å². The molecule has 0 heterocycles. The molecule has 1 aliphatic carbocycles. The maximum atomic E-state index is 12.0. The maximum Gasteiger partial charge on any atom is 0.330 e. The first-order valence-corrected chi connectivity index (χ1v) is 9.17. The third-order valence-electron chi connectivity index (χ3n) is 4.72. The molecule has 1 aliphatic rings. The van der Waals surface area contributed by atoms with Gasteiger partial charge in [0, 0.05) is 16.8 Å². The second kappa shape index (κ2) is 8.12. The van der Waals surface area contributed by atoms with Crippen molar-refractivity contribution in [2.45, 2.75) is 32.2 Å². The molecule has 3 rings (SSSR count). The predicted molar refractivity (Wildman–Crippen MR) is 105 cm³/mol. The van der Waals surface area contributed by atoms with Crippen molar-refractivity contribution in [3.8, 4) is 5.75 Å². The molecule has 0 aromatic heterocycles. The summed E-state index contributed by atoms with van der Waals surface area (Å²) in [7, 11) is 0. The number of carboxylic acids is 1. The van der Waals surface area contributed by atoms with Gasteiger partial charge in [-0.25, -0.2) is 4.79 Å². The van der Waals surface area contributed by atoms with Crippen molar-refractivity contribution in [1.82, 2.24) is 0 Å². The van der Waals surface area contributed by atoms with Gasteiger partial charge < -0.3 is 20.9 Å². The van der Waals surface area contributed by atoms with Gasteiger partial charge in [0.1, 0.15) is 11.6 Å². The third-order valence-corrected chi connectivity index (χ3v) is 4.72. The van der Waals surface area contributed by atoms with E-state index in [0.29, 0.717) is 35.1 Å². The fraction of sp³-hybridized carbons (Fsp3) is 0.333. The number of amidine groups is 1. The molecule has 142 valence electrons. The fourth-order valence-corrected chi connectivity index (χ4v) is 2.85. The van der Waals surface area contributed by atoms with Crippen LogP contribution in [0.4, 0.5) is 5.69 Å². The van der Waals surface area contributed by atoms with Crippen molar-refractivity contribution in [3.63, 3.8) is 0 Å². The van der Waals surface area contributed by atoms with Crippen LogP contribution in [-0.4, -0.2) is 23.5 Å². The Bertz CT molecular complexity index is 829. The third kappa shape index (κ3) is 4.78. The molecule has 5 N–H and O–H groups in total. The second-order valence-corrected chi connectivity index (χ2v) is 6.89. The molecule has 0 radical (unpaired) electrons. The minimum absolute atomic E-state index is 0.0252. The SMILES string of the molecule is CCc1ccc(OCC2CC2)c([C@@H](Nc2ccc(C(=N)N)cc2)C(=O)O)c1. The fourth-order valence-electron chi connectivity index (χ4n) is 2.85. The van der Waals surface area contributed by atoms with Crippen LogP contribution >= 0.6 is 0 Å². The molecule has 0 bridgehead atoms. The molecular formula is C21H25N3O3. The van der Waals surface area contributed by atoms with Gasteiger partial charge in [0.05, 0.1) is 6.61 Å². The largest absolute Gasteiger partial charge is 0.493 e. The normalized spacial score (nSPS) is 14.4. The van der Waals surface area contributed by atoms with Crippen LogP contribution in [0.25, 0.3) is 0 Å². The molecule has 2 aromatic carbocycles. The van der Waals surface area contributed by atoms with Crippen LogP contribution in [0, 0.1) is 11.3 Å². The zero-order chi connectivity index (χ0) is 19.4. The van der Waals surface area contributed by atoms with E-state index < -0.39 is 12.0 Å². The van der Waals surface area contributed by atoms with Crippen molar-refractivity contribution in [2.75, 3.05) is 11.9 Å². The topological polar surface area (TPSA) is 108 Å². The van der Waals surface area contributed by atoms with Crippen molar-refractivity contribution in [1.29, 1.82) is 5.41 Å². The molecule has 0 saturated heterocycles. The number of nitrogens with two attached hydrogens (primary N) is 1. The van der Waals surface area contributed by atoms with Crippen LogP contribution in [0.15, 0.2) is 42.5 Å². The lowest BCUT2D eigenvalue weighted by molar-refractivity contribution is -0.138. The number of hydrogen-bond acceptors (Lipinski definition) is 4. The summed E-state index contributed by atoms with van der Waals surface area (Å²) in [5, 5.41) is 20.4. The average molecular weight is 367 g/mol. The lowest BCUT2D eigenvalue weighted by Crippen LogP contribution is -2.22. The Kier molecular flexibility index (Phi) is 5.64. The van der Waals surface area contributed by atoms with Crippen molar-refractivity contribution >= 4 is 17.5 Å². The molecule has 2 aromatic rings. The highest BCUT2D eigenvalue weighted by Crippen LogP contribution is 2.33. The molecule has 6 heteroatoms. The quantitative estimate of drug-likeness (QED) is 0.400. The van der Waals surface area contributed by atoms with Crippen molar-refractivity contribution < 1.29 is 14.6 Å². The molecule has 27 heavy (non-hydrogen) atoms. The minimum atomic E-state index is -0.977. The lowest BCUT2D eigenvalue weighted by Gasteiger charge is -2.21. The summed E-state index contributed by atoms with van der Waals surface area (Å²) in [6.07, 6.45) is 3.16. The number of nitrogens with one attached hydrogen (secondary N) is 2. The van der Waals surface area contributed by atoms with Gasteiger partial charge in [0.2, 0.25) is 0 Å². The van der Waals surface area contributed by atoms with Gasteiger partial charge >= 0.3 is 5.97 Å². The molecule has 0 amide bonds. The number of ether oxygens (including phenoxy) is 1. The Morgan fingerprint density at radius 1 is 1.30 bits per heavy atom. The number of aryl methyl sites for hydroxylation is 1. The van der Waals surface area contributed by atoms with Gasteiger partial charge in [-0.05, 0) is 67.1 Å². The first kappa shape index (κ1) is 18.8. The van der Waals surface area contributed by atoms with Crippen LogP contribution < -0.4 is 15.8 Å². The Morgan fingerprint density at radius 3 is 2.56 bits per heavy atom. The van der Waals surface area contributed by atoms with Gasteiger partial charge in [-0.15, -0.1) is 0 Å². The summed E-state index contributed by atoms with van der Waals surface area (Å²) in [5.41, 5.74) is 8.39. The summed E-state index contributed by atoms with van der Waals surface area (Å²) < 4.78 is 5.93. The number of hydrogen-bond donors (Lipinski definition) is 4. The molecule has 0 unspecified atom stereocenters. The molecule has 0 aliphatic heterocycles. The van der Waals surface area contributed by atoms with E-state index in [0.717, 1.165) is 12.0 Å². The van der Waals surface area contributed by atoms with Gasteiger partial charge in [0.15, 0.2) is 6.04 Å². The van der Waals surface area contributed by atoms with E-state index in [1.807, 2.05) is 25.1 Å². The summed E-state index contributed by atoms with van der Waals surface area (Å²) in [6.45, 7) is 2.66. The smallest absolute Gasteiger partial charge is 0.330 e. The van der Waals surface area contributed by atoms with E-state index in [1.165, 1.54) is 12.8 Å². The predicted octanol–water partition coefficient (Wildman–Crippen LogP) is 3.56. The maximum absolute atomic E-state index is 12.0. The first-order valence-electron chi connectivity index (χ1n) is 9.17. The van der Waals surface area contributed by atoms with Gasteiger partial charge in [-0.3, -0.25) is 5.41 Å². The van der Waals surface area contributed by atoms with Crippen LogP contribution in [0.3, 0.4) is 0 Å². The number of aliphatic carboxylic acids is 1. The van der Waals surface area contributed by atoms with Gasteiger partial charge in [-0.1, -0.05) is 13.0 Å². The number of carboxylic acid groups (broad SMARTS) is 1. The molecular weight excluding hydrogens is 342 g/mol. The molecule has 1 atom stereocenters. The van der Waals surface area contributed by atoms with Crippen molar-refractivity contribution in [3.05, 3.63) is 59.2 Å². The zero-order valence-electron chi connectivity index (χ0n) is 15.4. The summed E-state index contributed by atoms with van der Waals surface area (Å²) in [5.74, 6) is 0.191. The Balaban J connectivity index is 1.87.